The second-order valence-electron chi connectivity index (χ2n) is 17.5. The zero-order valence-corrected chi connectivity index (χ0v) is 35.4. The molecule has 60 heavy (non-hydrogen) atoms. The van der Waals surface area contributed by atoms with Gasteiger partial charge in [0.2, 0.25) is 11.8 Å². The molecule has 6 heterocycles. The lowest BCUT2D eigenvalue weighted by Gasteiger charge is -2.56. The largest absolute Gasteiger partial charge is 0.385 e. The van der Waals surface area contributed by atoms with Crippen LogP contribution in [0.5, 0.6) is 0 Å². The van der Waals surface area contributed by atoms with Gasteiger partial charge in [-0.3, -0.25) is 24.6 Å². The second kappa shape index (κ2) is 17.4. The number of carbonyl (C=O) groups is 3. The topological polar surface area (TPSA) is 141 Å². The first kappa shape index (κ1) is 42.0. The van der Waals surface area contributed by atoms with E-state index in [0.717, 1.165) is 30.0 Å². The Morgan fingerprint density at radius 2 is 1.72 bits per heavy atom. The Hall–Kier alpha value is -4.66. The molecule has 3 saturated heterocycles. The zero-order valence-electron chi connectivity index (χ0n) is 34.6. The van der Waals surface area contributed by atoms with E-state index in [2.05, 4.69) is 38.7 Å². The third kappa shape index (κ3) is 8.60. The summed E-state index contributed by atoms with van der Waals surface area (Å²) in [6.07, 6.45) is 14.8. The lowest BCUT2D eigenvalue weighted by molar-refractivity contribution is -0.221. The van der Waals surface area contributed by atoms with Gasteiger partial charge in [-0.05, 0) is 86.0 Å². The van der Waals surface area contributed by atoms with Crippen LogP contribution in [0.3, 0.4) is 0 Å². The number of likely N-dealkylation sites (tertiary alicyclic amines) is 2. The maximum Gasteiger partial charge on any atom is 0.269 e. The van der Waals surface area contributed by atoms with Gasteiger partial charge in [0.25, 0.3) is 11.8 Å². The molecular weight excluding hydrogens is 788 g/mol. The molecule has 3 amide bonds. The minimum atomic E-state index is -2.71. The quantitative estimate of drug-likeness (QED) is 0.162. The van der Waals surface area contributed by atoms with Gasteiger partial charge >= 0.3 is 0 Å². The lowest BCUT2D eigenvalue weighted by Crippen LogP contribution is -2.69. The molecule has 0 radical (unpaired) electrons. The summed E-state index contributed by atoms with van der Waals surface area (Å²) >= 11 is 6.29. The number of nitrogens with zero attached hydrogens (tertiary/aromatic N) is 6. The number of carbonyl (C=O) groups excluding carboxylic acids is 3. The molecule has 1 unspecified atom stereocenters. The monoisotopic (exact) mass is 843 g/mol. The number of amides is 3. The van der Waals surface area contributed by atoms with Gasteiger partial charge in [0.1, 0.15) is 5.69 Å². The fraction of sp³-hybridized carbons (Fsp3) is 0.533. The van der Waals surface area contributed by atoms with Gasteiger partial charge in [-0.1, -0.05) is 74.4 Å². The van der Waals surface area contributed by atoms with Crippen molar-refractivity contribution in [3.05, 3.63) is 81.6 Å². The summed E-state index contributed by atoms with van der Waals surface area (Å²) in [5.74, 6) is -2.89. The number of benzene rings is 2. The van der Waals surface area contributed by atoms with Crippen LogP contribution in [-0.4, -0.2) is 94.9 Å². The maximum absolute atomic E-state index is 14.8. The maximum atomic E-state index is 14.8. The van der Waals surface area contributed by atoms with Crippen molar-refractivity contribution >= 4 is 52.2 Å². The average molecular weight is 844 g/mol. The van der Waals surface area contributed by atoms with Crippen molar-refractivity contribution in [2.24, 2.45) is 11.1 Å². The van der Waals surface area contributed by atoms with Crippen LogP contribution in [0.4, 0.5) is 26.0 Å². The Balaban J connectivity index is 0.000000155. The van der Waals surface area contributed by atoms with E-state index in [1.807, 2.05) is 37.2 Å². The Morgan fingerprint density at radius 3 is 2.38 bits per heavy atom. The van der Waals surface area contributed by atoms with Gasteiger partial charge in [0.05, 0.1) is 29.8 Å². The SMILES string of the molecule is C1CC1.CN1CC2(CCN(Cc3ccc(Cl)c(C4CCC(=O)NC4=O)c3)CC2(F)F)C1.CNc1cc(N2CCc3c(C4CCCCC4)cccc32)nn2c(C(N)=O)cnc12. The van der Waals surface area contributed by atoms with E-state index in [4.69, 9.17) is 22.4 Å². The first-order valence-corrected chi connectivity index (χ1v) is 21.9. The minimum absolute atomic E-state index is 0.253. The number of alkyl halides is 2. The molecule has 1 atom stereocenters. The van der Waals surface area contributed by atoms with Crippen LogP contribution in [0, 0.1) is 5.41 Å². The molecule has 2 aromatic carbocycles. The predicted octanol–water partition coefficient (Wildman–Crippen LogP) is 7.42. The van der Waals surface area contributed by atoms with E-state index in [1.54, 1.807) is 15.5 Å². The zero-order chi connectivity index (χ0) is 42.2. The van der Waals surface area contributed by atoms with Gasteiger partial charge in [0, 0.05) is 56.4 Å². The van der Waals surface area contributed by atoms with Crippen LogP contribution in [0.25, 0.3) is 5.65 Å². The molecule has 5 fully saturated rings. The number of hydrogen-bond acceptors (Lipinski definition) is 9. The Bertz CT molecular complexity index is 2250. The third-order valence-electron chi connectivity index (χ3n) is 13.0. The molecule has 2 aliphatic carbocycles. The number of hydrogen-bond donors (Lipinski definition) is 3. The van der Waals surface area contributed by atoms with Crippen molar-refractivity contribution in [2.75, 3.05) is 57.0 Å². The fourth-order valence-electron chi connectivity index (χ4n) is 9.74. The number of piperidine rings is 2. The van der Waals surface area contributed by atoms with E-state index in [0.29, 0.717) is 61.2 Å². The number of imide groups is 1. The number of nitrogens with two attached hydrogens (primary N) is 1. The van der Waals surface area contributed by atoms with Crippen molar-refractivity contribution in [3.63, 3.8) is 0 Å². The lowest BCUT2D eigenvalue weighted by atomic mass is 9.69. The molecule has 6 aliphatic rings. The summed E-state index contributed by atoms with van der Waals surface area (Å²) in [5, 5.41) is 10.7. The van der Waals surface area contributed by atoms with E-state index in [9.17, 15) is 23.2 Å². The number of imidazole rings is 1. The summed E-state index contributed by atoms with van der Waals surface area (Å²) < 4.78 is 31.1. The normalized spacial score (nSPS) is 22.2. The third-order valence-corrected chi connectivity index (χ3v) is 13.4. The highest BCUT2D eigenvalue weighted by atomic mass is 35.5. The van der Waals surface area contributed by atoms with Gasteiger partial charge in [-0.2, -0.15) is 0 Å². The molecule has 4 aromatic rings. The van der Waals surface area contributed by atoms with Gasteiger partial charge in [-0.25, -0.2) is 18.3 Å². The highest BCUT2D eigenvalue weighted by molar-refractivity contribution is 6.31. The first-order chi connectivity index (χ1) is 28.9. The molecule has 15 heteroatoms. The van der Waals surface area contributed by atoms with Crippen LogP contribution in [0.2, 0.25) is 5.02 Å². The molecule has 2 aromatic heterocycles. The van der Waals surface area contributed by atoms with Crippen molar-refractivity contribution in [1.82, 2.24) is 29.7 Å². The van der Waals surface area contributed by atoms with E-state index in [-0.39, 0.29) is 30.5 Å². The smallest absolute Gasteiger partial charge is 0.269 e. The van der Waals surface area contributed by atoms with Crippen LogP contribution < -0.4 is 21.3 Å². The number of primary amides is 1. The highest BCUT2D eigenvalue weighted by Gasteiger charge is 2.61. The number of nitrogens with one attached hydrogen (secondary N) is 2. The Labute approximate surface area is 355 Å². The molecule has 320 valence electrons. The first-order valence-electron chi connectivity index (χ1n) is 21.5. The van der Waals surface area contributed by atoms with Gasteiger partial charge in [-0.15, -0.1) is 5.10 Å². The fourth-order valence-corrected chi connectivity index (χ4v) is 9.99. The van der Waals surface area contributed by atoms with E-state index < -0.39 is 23.2 Å². The Morgan fingerprint density at radius 1 is 0.967 bits per heavy atom. The molecule has 1 spiro atoms. The highest BCUT2D eigenvalue weighted by Crippen LogP contribution is 2.50. The van der Waals surface area contributed by atoms with Gasteiger partial charge in [0.15, 0.2) is 11.5 Å². The summed E-state index contributed by atoms with van der Waals surface area (Å²) in [4.78, 5) is 45.7. The van der Waals surface area contributed by atoms with Gasteiger partial charge < -0.3 is 20.9 Å². The number of fused-ring (bicyclic) bond motifs is 2. The van der Waals surface area contributed by atoms with Crippen molar-refractivity contribution < 1.29 is 23.2 Å². The van der Waals surface area contributed by atoms with Crippen molar-refractivity contribution in [3.8, 4) is 0 Å². The second-order valence-corrected chi connectivity index (χ2v) is 17.9. The molecule has 12 nitrogen and oxygen atoms in total. The standard InChI is InChI=1S/C22H26N6O.C20H24ClF2N3O2.C3H6/c1-24-17-12-20(26-28-19(21(23)29)13-25-22(17)28)27-11-10-16-15(8-5-9-18(16)27)14-6-3-2-4-7-14;1-25-10-19(11-25)6-7-26(12-20(19,22)23)9-13-2-4-16(21)15(8-13)14-3-5-17(27)24-18(14)28;1-2-3-1/h5,8-9,12-14,24H,2-4,6-7,10-11H2,1H3,(H2,23,29);2,4,8,14H,3,5-7,9-12H2,1H3,(H,24,27,28);1-3H2. The van der Waals surface area contributed by atoms with Crippen LogP contribution in [-0.2, 0) is 22.6 Å². The predicted molar refractivity (Wildman–Crippen MR) is 229 cm³/mol. The number of anilines is 3. The number of rotatable bonds is 7. The minimum Gasteiger partial charge on any atom is -0.385 e. The molecule has 10 rings (SSSR count). The van der Waals surface area contributed by atoms with E-state index in [1.165, 1.54) is 74.4 Å². The summed E-state index contributed by atoms with van der Waals surface area (Å²) in [6, 6.07) is 14.0. The van der Waals surface area contributed by atoms with Crippen LogP contribution >= 0.6 is 11.6 Å². The molecule has 4 N–H and O–H groups in total. The van der Waals surface area contributed by atoms with Crippen molar-refractivity contribution in [1.29, 1.82) is 0 Å². The molecule has 2 saturated carbocycles. The summed E-state index contributed by atoms with van der Waals surface area (Å²) in [7, 11) is 3.72. The van der Waals surface area contributed by atoms with Crippen LogP contribution in [0.15, 0.2) is 48.7 Å². The average Bonchev–Trinajstić information content (AvgIpc) is 3.94. The van der Waals surface area contributed by atoms with E-state index >= 15 is 0 Å². The van der Waals surface area contributed by atoms with Crippen molar-refractivity contribution in [2.45, 2.75) is 101 Å². The molecule has 4 aliphatic heterocycles. The molecule has 0 bridgehead atoms. The Kier molecular flexibility index (Phi) is 12.2. The van der Waals surface area contributed by atoms with Crippen LogP contribution in [0.1, 0.15) is 115 Å². The number of aromatic nitrogens is 3. The summed E-state index contributed by atoms with van der Waals surface area (Å²) in [6.45, 7) is 2.54. The summed E-state index contributed by atoms with van der Waals surface area (Å²) in [5.41, 5.74) is 12.0. The molecular formula is C45H56ClF2N9O3. The number of halogens is 3.